The first kappa shape index (κ1) is 21.4. The van der Waals surface area contributed by atoms with Gasteiger partial charge in [0.25, 0.3) is 0 Å². The molecule has 2 aromatic rings. The molecule has 6 nitrogen and oxygen atoms in total. The van der Waals surface area contributed by atoms with Crippen LogP contribution in [0.25, 0.3) is 0 Å². The predicted octanol–water partition coefficient (Wildman–Crippen LogP) is 3.33. The Morgan fingerprint density at radius 3 is 2.83 bits per heavy atom. The van der Waals surface area contributed by atoms with E-state index in [1.807, 2.05) is 12.1 Å². The molecule has 1 aliphatic rings. The topological polar surface area (TPSA) is 71.0 Å². The second-order valence-electron chi connectivity index (χ2n) is 7.03. The summed E-state index contributed by atoms with van der Waals surface area (Å²) in [6, 6.07) is 11.1. The Morgan fingerprint density at radius 1 is 1.34 bits per heavy atom. The van der Waals surface area contributed by atoms with Crippen molar-refractivity contribution in [2.75, 3.05) is 31.6 Å². The molecule has 0 spiro atoms. The van der Waals surface area contributed by atoms with Crippen molar-refractivity contribution in [3.63, 3.8) is 0 Å². The molecular formula is C21H24ClFN2O4. The highest BCUT2D eigenvalue weighted by molar-refractivity contribution is 6.30. The molecule has 0 radical (unpaired) electrons. The van der Waals surface area contributed by atoms with Crippen molar-refractivity contribution in [2.24, 2.45) is 0 Å². The monoisotopic (exact) mass is 422 g/mol. The van der Waals surface area contributed by atoms with Gasteiger partial charge in [-0.15, -0.1) is 0 Å². The van der Waals surface area contributed by atoms with Crippen LogP contribution in [0.5, 0.6) is 11.5 Å². The van der Waals surface area contributed by atoms with Gasteiger partial charge in [-0.05, 0) is 42.8 Å². The molecule has 156 valence electrons. The van der Waals surface area contributed by atoms with Gasteiger partial charge in [0.05, 0.1) is 5.69 Å². The van der Waals surface area contributed by atoms with Crippen molar-refractivity contribution in [2.45, 2.75) is 25.6 Å². The number of aliphatic hydroxyl groups is 1. The van der Waals surface area contributed by atoms with Gasteiger partial charge in [-0.3, -0.25) is 9.69 Å². The van der Waals surface area contributed by atoms with Crippen LogP contribution in [0, 0.1) is 5.82 Å². The fourth-order valence-corrected chi connectivity index (χ4v) is 3.34. The summed E-state index contributed by atoms with van der Waals surface area (Å²) in [7, 11) is 0. The lowest BCUT2D eigenvalue weighted by Gasteiger charge is -2.21. The van der Waals surface area contributed by atoms with E-state index in [1.54, 1.807) is 12.1 Å². The molecule has 2 unspecified atom stereocenters. The van der Waals surface area contributed by atoms with Gasteiger partial charge in [0.1, 0.15) is 36.1 Å². The molecule has 2 N–H and O–H groups in total. The summed E-state index contributed by atoms with van der Waals surface area (Å²) in [5, 5.41) is 13.6. The third-order valence-electron chi connectivity index (χ3n) is 4.50. The highest BCUT2D eigenvalue weighted by Crippen LogP contribution is 2.26. The number of β-amino-alcohol motifs (C(OH)–C–C–N with tert-alkyl or cyclic N) is 1. The van der Waals surface area contributed by atoms with E-state index in [4.69, 9.17) is 21.1 Å². The molecule has 2 aromatic carbocycles. The second-order valence-corrected chi connectivity index (χ2v) is 7.46. The summed E-state index contributed by atoms with van der Waals surface area (Å²) in [5.74, 6) is 0.183. The number of carbonyl (C=O) groups is 1. The average Bonchev–Trinajstić information content (AvgIpc) is 3.10. The fraction of sp³-hybridized carbons (Fsp3) is 0.381. The molecule has 1 aliphatic heterocycles. The van der Waals surface area contributed by atoms with Crippen molar-refractivity contribution in [3.8, 4) is 11.5 Å². The summed E-state index contributed by atoms with van der Waals surface area (Å²) >= 11 is 5.88. The molecular weight excluding hydrogens is 399 g/mol. The molecule has 1 heterocycles. The van der Waals surface area contributed by atoms with Crippen molar-refractivity contribution >= 4 is 23.2 Å². The summed E-state index contributed by atoms with van der Waals surface area (Å²) in [6.45, 7) is 3.24. The number of likely N-dealkylation sites (tertiary alicyclic amines) is 1. The number of hydrogen-bond donors (Lipinski definition) is 2. The first-order valence-electron chi connectivity index (χ1n) is 9.41. The maximum Gasteiger partial charge on any atom is 0.221 e. The molecule has 1 amide bonds. The highest BCUT2D eigenvalue weighted by Gasteiger charge is 2.26. The van der Waals surface area contributed by atoms with E-state index >= 15 is 0 Å². The number of carbonyl (C=O) groups excluding carboxylic acids is 1. The van der Waals surface area contributed by atoms with Crippen LogP contribution in [0.4, 0.5) is 10.1 Å². The van der Waals surface area contributed by atoms with Gasteiger partial charge in [0, 0.05) is 37.6 Å². The van der Waals surface area contributed by atoms with Crippen LogP contribution in [-0.4, -0.2) is 54.4 Å². The first-order chi connectivity index (χ1) is 13.9. The SMILES string of the molecule is CC(=O)Nc1ccc(F)cc1OCC(O)CN1CCC(Oc2ccc(Cl)cc2)C1. The Balaban J connectivity index is 1.46. The number of ether oxygens (including phenoxy) is 2. The molecule has 0 aromatic heterocycles. The van der Waals surface area contributed by atoms with Gasteiger partial charge in [-0.1, -0.05) is 11.6 Å². The van der Waals surface area contributed by atoms with E-state index in [1.165, 1.54) is 25.1 Å². The number of rotatable bonds is 8. The average molecular weight is 423 g/mol. The molecule has 1 fully saturated rings. The normalized spacial score (nSPS) is 17.7. The number of halogens is 2. The zero-order valence-electron chi connectivity index (χ0n) is 16.1. The van der Waals surface area contributed by atoms with E-state index in [9.17, 15) is 14.3 Å². The molecule has 8 heteroatoms. The van der Waals surface area contributed by atoms with Crippen LogP contribution in [0.15, 0.2) is 42.5 Å². The van der Waals surface area contributed by atoms with Crippen LogP contribution in [0.3, 0.4) is 0 Å². The Bertz CT molecular complexity index is 834. The van der Waals surface area contributed by atoms with Crippen LogP contribution in [0.1, 0.15) is 13.3 Å². The zero-order chi connectivity index (χ0) is 20.8. The van der Waals surface area contributed by atoms with Gasteiger partial charge in [-0.25, -0.2) is 4.39 Å². The van der Waals surface area contributed by atoms with Crippen molar-refractivity contribution in [1.82, 2.24) is 4.90 Å². The second kappa shape index (κ2) is 9.91. The van der Waals surface area contributed by atoms with Gasteiger partial charge in [-0.2, -0.15) is 0 Å². The molecule has 1 saturated heterocycles. The lowest BCUT2D eigenvalue weighted by Crippen LogP contribution is -2.35. The molecule has 0 saturated carbocycles. The van der Waals surface area contributed by atoms with Gasteiger partial charge in [0.15, 0.2) is 0 Å². The summed E-state index contributed by atoms with van der Waals surface area (Å²) in [4.78, 5) is 13.4. The van der Waals surface area contributed by atoms with E-state index < -0.39 is 11.9 Å². The Labute approximate surface area is 174 Å². The molecule has 0 bridgehead atoms. The van der Waals surface area contributed by atoms with Gasteiger partial charge in [0.2, 0.25) is 5.91 Å². The predicted molar refractivity (Wildman–Crippen MR) is 109 cm³/mol. The van der Waals surface area contributed by atoms with Crippen molar-refractivity contribution in [1.29, 1.82) is 0 Å². The minimum Gasteiger partial charge on any atom is -0.489 e. The fourth-order valence-electron chi connectivity index (χ4n) is 3.21. The Kier molecular flexibility index (Phi) is 7.30. The number of nitrogens with zero attached hydrogens (tertiary/aromatic N) is 1. The van der Waals surface area contributed by atoms with E-state index in [0.717, 1.165) is 18.7 Å². The van der Waals surface area contributed by atoms with Crippen LogP contribution in [0.2, 0.25) is 5.02 Å². The van der Waals surface area contributed by atoms with Crippen molar-refractivity contribution < 1.29 is 23.8 Å². The molecule has 3 rings (SSSR count). The van der Waals surface area contributed by atoms with E-state index in [-0.39, 0.29) is 24.4 Å². The first-order valence-corrected chi connectivity index (χ1v) is 9.79. The maximum atomic E-state index is 13.5. The molecule has 2 atom stereocenters. The number of aliphatic hydroxyl groups excluding tert-OH is 1. The number of nitrogens with one attached hydrogen (secondary N) is 1. The molecule has 29 heavy (non-hydrogen) atoms. The lowest BCUT2D eigenvalue weighted by molar-refractivity contribution is -0.114. The van der Waals surface area contributed by atoms with E-state index in [2.05, 4.69) is 10.2 Å². The largest absolute Gasteiger partial charge is 0.489 e. The summed E-state index contributed by atoms with van der Waals surface area (Å²) < 4.78 is 25.0. The number of benzene rings is 2. The van der Waals surface area contributed by atoms with Crippen LogP contribution < -0.4 is 14.8 Å². The van der Waals surface area contributed by atoms with Crippen LogP contribution in [-0.2, 0) is 4.79 Å². The number of hydrogen-bond acceptors (Lipinski definition) is 5. The van der Waals surface area contributed by atoms with Gasteiger partial charge >= 0.3 is 0 Å². The Hall–Kier alpha value is -2.35. The highest BCUT2D eigenvalue weighted by atomic mass is 35.5. The van der Waals surface area contributed by atoms with Crippen LogP contribution >= 0.6 is 11.6 Å². The molecule has 0 aliphatic carbocycles. The quantitative estimate of drug-likeness (QED) is 0.682. The smallest absolute Gasteiger partial charge is 0.221 e. The summed E-state index contributed by atoms with van der Waals surface area (Å²) in [6.07, 6.45) is 0.129. The minimum atomic E-state index is -0.766. The Morgan fingerprint density at radius 2 is 2.10 bits per heavy atom. The number of amides is 1. The summed E-state index contributed by atoms with van der Waals surface area (Å²) in [5.41, 5.74) is 0.365. The maximum absolute atomic E-state index is 13.5. The minimum absolute atomic E-state index is 0.0186. The van der Waals surface area contributed by atoms with E-state index in [0.29, 0.717) is 23.8 Å². The zero-order valence-corrected chi connectivity index (χ0v) is 16.9. The third kappa shape index (κ3) is 6.59. The van der Waals surface area contributed by atoms with Crippen molar-refractivity contribution in [3.05, 3.63) is 53.3 Å². The number of anilines is 1. The van der Waals surface area contributed by atoms with Gasteiger partial charge < -0.3 is 19.9 Å². The standard InChI is InChI=1S/C21H24ClFN2O4/c1-14(26)24-20-7-4-16(23)10-21(20)28-13-17(27)11-25-9-8-19(12-25)29-18-5-2-15(22)3-6-18/h2-7,10,17,19,27H,8-9,11-13H2,1H3,(H,24,26). The third-order valence-corrected chi connectivity index (χ3v) is 4.75. The lowest BCUT2D eigenvalue weighted by atomic mass is 10.2.